The number of esters is 1. The third kappa shape index (κ3) is 8.86. The zero-order valence-corrected chi connectivity index (χ0v) is 13.9. The number of amides is 1. The molecule has 0 aromatic rings. The van der Waals surface area contributed by atoms with Gasteiger partial charge in [-0.2, -0.15) is 0 Å². The van der Waals surface area contributed by atoms with E-state index in [0.717, 1.165) is 0 Å². The number of nitrogens with one attached hydrogen (secondary N) is 1. The van der Waals surface area contributed by atoms with E-state index in [1.54, 1.807) is 13.8 Å². The lowest BCUT2D eigenvalue weighted by atomic mass is 10.1. The van der Waals surface area contributed by atoms with Gasteiger partial charge in [0.2, 0.25) is 0 Å². The molecule has 0 aromatic heterocycles. The number of alkyl carbamates (subject to hydrolysis) is 1. The molecule has 1 N–H and O–H groups in total. The van der Waals surface area contributed by atoms with Gasteiger partial charge in [0.05, 0.1) is 6.61 Å². The van der Waals surface area contributed by atoms with Crippen LogP contribution in [0, 0.1) is 0 Å². The van der Waals surface area contributed by atoms with Crippen LogP contribution in [0.1, 0.15) is 47.5 Å². The van der Waals surface area contributed by atoms with Crippen LogP contribution in [-0.4, -0.2) is 35.1 Å². The summed E-state index contributed by atoms with van der Waals surface area (Å²) in [6, 6.07) is 0. The van der Waals surface area contributed by atoms with Gasteiger partial charge in [0.15, 0.2) is 0 Å². The fraction of sp³-hybridized carbons (Fsp3) is 0.846. The van der Waals surface area contributed by atoms with E-state index >= 15 is 0 Å². The van der Waals surface area contributed by atoms with Gasteiger partial charge in [0.25, 0.3) is 0 Å². The van der Waals surface area contributed by atoms with Crippen molar-refractivity contribution in [2.75, 3.05) is 13.2 Å². The molecule has 1 amide bonds. The van der Waals surface area contributed by atoms with Crippen molar-refractivity contribution in [2.45, 2.75) is 57.4 Å². The van der Waals surface area contributed by atoms with Crippen molar-refractivity contribution in [3.63, 3.8) is 0 Å². The average molecular weight is 338 g/mol. The second kappa shape index (κ2) is 7.72. The van der Waals surface area contributed by atoms with Crippen LogP contribution >= 0.6 is 15.9 Å². The molecule has 5 nitrogen and oxygen atoms in total. The summed E-state index contributed by atoms with van der Waals surface area (Å²) in [5.41, 5.74) is -0.501. The zero-order chi connectivity index (χ0) is 15.1. The molecule has 0 aliphatic carbocycles. The van der Waals surface area contributed by atoms with Crippen LogP contribution in [0.25, 0.3) is 0 Å². The topological polar surface area (TPSA) is 64.6 Å². The van der Waals surface area contributed by atoms with Gasteiger partial charge < -0.3 is 14.8 Å². The molecule has 1 atom stereocenters. The summed E-state index contributed by atoms with van der Waals surface area (Å²) in [6.07, 6.45) is 0.779. The number of hydrogen-bond donors (Lipinski definition) is 1. The molecule has 0 rings (SSSR count). The first kappa shape index (κ1) is 18.2. The molecule has 0 spiro atoms. The Morgan fingerprint density at radius 1 is 1.21 bits per heavy atom. The SMILES string of the molecule is CCOC(=O)C(C)(Br)CCCNC(=O)OC(C)(C)C. The van der Waals surface area contributed by atoms with Crippen molar-refractivity contribution < 1.29 is 19.1 Å². The molecule has 0 aliphatic heterocycles. The summed E-state index contributed by atoms with van der Waals surface area (Å²) in [6.45, 7) is 9.77. The Morgan fingerprint density at radius 2 is 1.79 bits per heavy atom. The maximum absolute atomic E-state index is 11.6. The first-order valence-corrected chi connectivity index (χ1v) is 7.21. The predicted octanol–water partition coefficient (Wildman–Crippen LogP) is 3.01. The van der Waals surface area contributed by atoms with Crippen LogP contribution in [0.2, 0.25) is 0 Å². The quantitative estimate of drug-likeness (QED) is 0.459. The monoisotopic (exact) mass is 337 g/mol. The first-order valence-electron chi connectivity index (χ1n) is 6.41. The van der Waals surface area contributed by atoms with E-state index in [0.29, 0.717) is 26.0 Å². The van der Waals surface area contributed by atoms with Crippen molar-refractivity contribution in [3.8, 4) is 0 Å². The van der Waals surface area contributed by atoms with Crippen LogP contribution < -0.4 is 5.32 Å². The average Bonchev–Trinajstić information content (AvgIpc) is 2.22. The second-order valence-electron chi connectivity index (χ2n) is 5.45. The van der Waals surface area contributed by atoms with Gasteiger partial charge in [-0.05, 0) is 47.5 Å². The van der Waals surface area contributed by atoms with E-state index in [1.807, 2.05) is 20.8 Å². The van der Waals surface area contributed by atoms with E-state index in [1.165, 1.54) is 0 Å². The molecule has 0 heterocycles. The Morgan fingerprint density at radius 3 is 2.26 bits per heavy atom. The number of ether oxygens (including phenoxy) is 2. The Labute approximate surface area is 123 Å². The molecular weight excluding hydrogens is 314 g/mol. The van der Waals surface area contributed by atoms with Crippen LogP contribution in [0.4, 0.5) is 4.79 Å². The van der Waals surface area contributed by atoms with Gasteiger partial charge in [0.1, 0.15) is 9.93 Å². The van der Waals surface area contributed by atoms with E-state index < -0.39 is 16.0 Å². The molecule has 0 aliphatic rings. The number of halogens is 1. The van der Waals surface area contributed by atoms with Crippen molar-refractivity contribution in [1.82, 2.24) is 5.32 Å². The van der Waals surface area contributed by atoms with Gasteiger partial charge >= 0.3 is 12.1 Å². The minimum absolute atomic E-state index is 0.285. The Kier molecular flexibility index (Phi) is 7.41. The van der Waals surface area contributed by atoms with Crippen molar-refractivity contribution in [1.29, 1.82) is 0 Å². The summed E-state index contributed by atoms with van der Waals surface area (Å²) >= 11 is 3.35. The van der Waals surface area contributed by atoms with Crippen LogP contribution in [0.3, 0.4) is 0 Å². The highest BCUT2D eigenvalue weighted by molar-refractivity contribution is 9.10. The lowest BCUT2D eigenvalue weighted by molar-refractivity contribution is -0.145. The number of carbonyl (C=O) groups excluding carboxylic acids is 2. The molecule has 0 aromatic carbocycles. The summed E-state index contributed by atoms with van der Waals surface area (Å²) < 4.78 is 9.35. The fourth-order valence-corrected chi connectivity index (χ4v) is 1.70. The van der Waals surface area contributed by atoms with E-state index in [4.69, 9.17) is 9.47 Å². The highest BCUT2D eigenvalue weighted by Crippen LogP contribution is 2.25. The third-order valence-electron chi connectivity index (χ3n) is 2.19. The Hall–Kier alpha value is -0.780. The first-order chi connectivity index (χ1) is 8.58. The third-order valence-corrected chi connectivity index (χ3v) is 2.91. The Bertz CT molecular complexity index is 310. The van der Waals surface area contributed by atoms with E-state index in [-0.39, 0.29) is 5.97 Å². The summed E-state index contributed by atoms with van der Waals surface area (Å²) in [4.78, 5) is 23.0. The zero-order valence-electron chi connectivity index (χ0n) is 12.3. The standard InChI is InChI=1S/C13H24BrNO4/c1-6-18-10(16)13(5,14)8-7-9-15-11(17)19-12(2,3)4/h6-9H2,1-5H3,(H,15,17). The minimum atomic E-state index is -0.710. The fourth-order valence-electron chi connectivity index (χ4n) is 1.31. The highest BCUT2D eigenvalue weighted by Gasteiger charge is 2.30. The molecule has 112 valence electrons. The van der Waals surface area contributed by atoms with Gasteiger partial charge in [-0.1, -0.05) is 15.9 Å². The Balaban J connectivity index is 3.91. The summed E-state index contributed by atoms with van der Waals surface area (Å²) in [7, 11) is 0. The van der Waals surface area contributed by atoms with Gasteiger partial charge in [-0.25, -0.2) is 4.79 Å². The number of hydrogen-bond acceptors (Lipinski definition) is 4. The number of alkyl halides is 1. The normalized spacial score (nSPS) is 14.4. The van der Waals surface area contributed by atoms with Crippen LogP contribution in [-0.2, 0) is 14.3 Å². The van der Waals surface area contributed by atoms with Gasteiger partial charge in [0, 0.05) is 6.54 Å². The minimum Gasteiger partial charge on any atom is -0.465 e. The highest BCUT2D eigenvalue weighted by atomic mass is 79.9. The largest absolute Gasteiger partial charge is 0.465 e. The van der Waals surface area contributed by atoms with E-state index in [9.17, 15) is 9.59 Å². The maximum atomic E-state index is 11.6. The molecule has 0 saturated carbocycles. The van der Waals surface area contributed by atoms with Crippen molar-refractivity contribution in [2.24, 2.45) is 0 Å². The lowest BCUT2D eigenvalue weighted by Gasteiger charge is -2.21. The molecule has 0 saturated heterocycles. The summed E-state index contributed by atoms with van der Waals surface area (Å²) in [5.74, 6) is -0.285. The number of rotatable bonds is 6. The molecule has 0 bridgehead atoms. The maximum Gasteiger partial charge on any atom is 0.407 e. The van der Waals surface area contributed by atoms with Crippen molar-refractivity contribution in [3.05, 3.63) is 0 Å². The number of carbonyl (C=O) groups is 2. The smallest absolute Gasteiger partial charge is 0.407 e. The molecule has 1 unspecified atom stereocenters. The summed E-state index contributed by atoms with van der Waals surface area (Å²) in [5, 5.41) is 2.65. The van der Waals surface area contributed by atoms with Crippen molar-refractivity contribution >= 4 is 28.0 Å². The van der Waals surface area contributed by atoms with E-state index in [2.05, 4.69) is 21.2 Å². The van der Waals surface area contributed by atoms with Crippen LogP contribution in [0.15, 0.2) is 0 Å². The van der Waals surface area contributed by atoms with Crippen LogP contribution in [0.5, 0.6) is 0 Å². The lowest BCUT2D eigenvalue weighted by Crippen LogP contribution is -2.35. The second-order valence-corrected chi connectivity index (χ2v) is 7.20. The molecule has 0 fully saturated rings. The molecule has 19 heavy (non-hydrogen) atoms. The van der Waals surface area contributed by atoms with Gasteiger partial charge in [-0.15, -0.1) is 0 Å². The predicted molar refractivity (Wildman–Crippen MR) is 77.4 cm³/mol. The molecular formula is C13H24BrNO4. The molecule has 6 heteroatoms. The van der Waals surface area contributed by atoms with Gasteiger partial charge in [-0.3, -0.25) is 4.79 Å². The molecule has 0 radical (unpaired) electrons.